The highest BCUT2D eigenvalue weighted by Crippen LogP contribution is 2.39. The van der Waals surface area contributed by atoms with E-state index in [4.69, 9.17) is 4.84 Å². The number of carbonyl (C=O) groups excluding carboxylic acids is 1. The van der Waals surface area contributed by atoms with E-state index in [0.717, 1.165) is 16.2 Å². The van der Waals surface area contributed by atoms with Crippen molar-refractivity contribution in [3.05, 3.63) is 114 Å². The Labute approximate surface area is 157 Å². The molecular formula is C23H19NO3. The summed E-state index contributed by atoms with van der Waals surface area (Å²) in [4.78, 5) is 18.9. The third-order valence-electron chi connectivity index (χ3n) is 4.56. The normalized spacial score (nSPS) is 19.2. The summed E-state index contributed by atoms with van der Waals surface area (Å²) >= 11 is 0. The largest absolute Gasteiger partial charge is 0.362 e. The molecule has 0 radical (unpaired) electrons. The third kappa shape index (κ3) is 3.28. The van der Waals surface area contributed by atoms with Crippen LogP contribution in [0.4, 0.5) is 0 Å². The molecule has 0 aromatic heterocycles. The summed E-state index contributed by atoms with van der Waals surface area (Å²) < 4.78 is 0. The first kappa shape index (κ1) is 17.2. The van der Waals surface area contributed by atoms with Crippen LogP contribution in [0, 0.1) is 0 Å². The minimum atomic E-state index is -1.67. The van der Waals surface area contributed by atoms with Crippen LogP contribution in [-0.2, 0) is 22.0 Å². The summed E-state index contributed by atoms with van der Waals surface area (Å²) in [5.74, 6) is -0.372. The van der Waals surface area contributed by atoms with Gasteiger partial charge in [-0.25, -0.2) is 0 Å². The first-order chi connectivity index (χ1) is 13.2. The lowest BCUT2D eigenvalue weighted by Gasteiger charge is -2.32. The molecule has 27 heavy (non-hydrogen) atoms. The minimum Gasteiger partial charge on any atom is -0.362 e. The van der Waals surface area contributed by atoms with E-state index in [0.29, 0.717) is 11.1 Å². The van der Waals surface area contributed by atoms with Crippen molar-refractivity contribution in [2.45, 2.75) is 12.3 Å². The molecule has 4 nitrogen and oxygen atoms in total. The van der Waals surface area contributed by atoms with Gasteiger partial charge < -0.3 is 5.11 Å². The van der Waals surface area contributed by atoms with Gasteiger partial charge in [0.05, 0.1) is 5.57 Å². The van der Waals surface area contributed by atoms with Gasteiger partial charge in [0.1, 0.15) is 6.61 Å². The number of hydroxylamine groups is 2. The Bertz CT molecular complexity index is 955. The van der Waals surface area contributed by atoms with Gasteiger partial charge in [-0.1, -0.05) is 91.0 Å². The molecule has 4 heteroatoms. The Balaban J connectivity index is 1.71. The fraction of sp³-hybridized carbons (Fsp3) is 0.0870. The molecule has 1 amide bonds. The molecule has 1 atom stereocenters. The van der Waals surface area contributed by atoms with Crippen LogP contribution in [0.25, 0.3) is 5.57 Å². The Morgan fingerprint density at radius 2 is 1.37 bits per heavy atom. The maximum atomic E-state index is 13.1. The van der Waals surface area contributed by atoms with E-state index in [1.54, 1.807) is 18.2 Å². The highest BCUT2D eigenvalue weighted by atomic mass is 16.7. The third-order valence-corrected chi connectivity index (χ3v) is 4.56. The van der Waals surface area contributed by atoms with Crippen molar-refractivity contribution in [3.8, 4) is 0 Å². The molecule has 1 aliphatic heterocycles. The zero-order valence-corrected chi connectivity index (χ0v) is 14.7. The Morgan fingerprint density at radius 3 is 2.00 bits per heavy atom. The van der Waals surface area contributed by atoms with Crippen LogP contribution in [0.3, 0.4) is 0 Å². The van der Waals surface area contributed by atoms with Gasteiger partial charge in [0, 0.05) is 5.56 Å². The molecule has 3 aromatic rings. The molecule has 0 saturated carbocycles. The van der Waals surface area contributed by atoms with E-state index in [-0.39, 0.29) is 12.5 Å². The van der Waals surface area contributed by atoms with Crippen LogP contribution in [0.15, 0.2) is 97.1 Å². The summed E-state index contributed by atoms with van der Waals surface area (Å²) in [5.41, 5.74) is 0.960. The SMILES string of the molecule is O=C1C(c2ccccc2)=CC(O)(c2ccccc2)N1OCc1ccccc1. The van der Waals surface area contributed by atoms with Crippen LogP contribution >= 0.6 is 0 Å². The van der Waals surface area contributed by atoms with E-state index >= 15 is 0 Å². The predicted octanol–water partition coefficient (Wildman–Crippen LogP) is 3.89. The van der Waals surface area contributed by atoms with E-state index in [2.05, 4.69) is 0 Å². The standard InChI is InChI=1S/C23H19NO3/c25-22-21(19-12-6-2-7-13-19)16-23(26,20-14-8-3-9-15-20)24(22)27-17-18-10-4-1-5-11-18/h1-16,26H,17H2. The van der Waals surface area contributed by atoms with Crippen molar-refractivity contribution in [1.82, 2.24) is 5.06 Å². The van der Waals surface area contributed by atoms with E-state index in [9.17, 15) is 9.90 Å². The molecular weight excluding hydrogens is 338 g/mol. The van der Waals surface area contributed by atoms with Crippen molar-refractivity contribution >= 4 is 11.5 Å². The van der Waals surface area contributed by atoms with E-state index in [1.165, 1.54) is 0 Å². The molecule has 0 spiro atoms. The average molecular weight is 357 g/mol. The highest BCUT2D eigenvalue weighted by molar-refractivity contribution is 6.21. The lowest BCUT2D eigenvalue weighted by atomic mass is 10.0. The number of amides is 1. The molecule has 1 unspecified atom stereocenters. The van der Waals surface area contributed by atoms with Gasteiger partial charge in [-0.05, 0) is 17.2 Å². The molecule has 1 heterocycles. The zero-order chi connectivity index (χ0) is 18.7. The fourth-order valence-electron chi connectivity index (χ4n) is 3.16. The summed E-state index contributed by atoms with van der Waals surface area (Å²) in [6, 6.07) is 27.9. The number of carbonyl (C=O) groups is 1. The molecule has 4 rings (SSSR count). The second kappa shape index (κ2) is 7.19. The Morgan fingerprint density at radius 1 is 0.815 bits per heavy atom. The summed E-state index contributed by atoms with van der Waals surface area (Å²) in [5, 5.41) is 12.5. The van der Waals surface area contributed by atoms with Crippen molar-refractivity contribution in [3.63, 3.8) is 0 Å². The zero-order valence-electron chi connectivity index (χ0n) is 14.7. The highest BCUT2D eigenvalue weighted by Gasteiger charge is 2.47. The van der Waals surface area contributed by atoms with Gasteiger partial charge in [0.15, 0.2) is 0 Å². The Kier molecular flexibility index (Phi) is 4.59. The molecule has 1 N–H and O–H groups in total. The van der Waals surface area contributed by atoms with Crippen molar-refractivity contribution in [2.75, 3.05) is 0 Å². The maximum absolute atomic E-state index is 13.1. The fourth-order valence-corrected chi connectivity index (χ4v) is 3.16. The van der Waals surface area contributed by atoms with Crippen LogP contribution < -0.4 is 0 Å². The second-order valence-electron chi connectivity index (χ2n) is 6.37. The number of aliphatic hydroxyl groups is 1. The van der Waals surface area contributed by atoms with Crippen molar-refractivity contribution < 1.29 is 14.7 Å². The molecule has 1 aliphatic rings. The number of benzene rings is 3. The quantitative estimate of drug-likeness (QED) is 0.754. The van der Waals surface area contributed by atoms with Crippen molar-refractivity contribution in [2.24, 2.45) is 0 Å². The molecule has 0 bridgehead atoms. The number of hydrogen-bond acceptors (Lipinski definition) is 3. The van der Waals surface area contributed by atoms with Crippen LogP contribution in [0.5, 0.6) is 0 Å². The van der Waals surface area contributed by atoms with Crippen LogP contribution in [0.2, 0.25) is 0 Å². The molecule has 0 aliphatic carbocycles. The van der Waals surface area contributed by atoms with Gasteiger partial charge in [-0.2, -0.15) is 5.06 Å². The molecule has 134 valence electrons. The predicted molar refractivity (Wildman–Crippen MR) is 103 cm³/mol. The molecule has 0 fully saturated rings. The minimum absolute atomic E-state index is 0.178. The lowest BCUT2D eigenvalue weighted by Crippen LogP contribution is -2.43. The first-order valence-corrected chi connectivity index (χ1v) is 8.76. The topological polar surface area (TPSA) is 49.8 Å². The maximum Gasteiger partial charge on any atom is 0.281 e. The van der Waals surface area contributed by atoms with E-state index in [1.807, 2.05) is 78.9 Å². The number of hydrogen-bond donors (Lipinski definition) is 1. The van der Waals surface area contributed by atoms with Gasteiger partial charge in [-0.15, -0.1) is 0 Å². The lowest BCUT2D eigenvalue weighted by molar-refractivity contribution is -0.262. The smallest absolute Gasteiger partial charge is 0.281 e. The van der Waals surface area contributed by atoms with Gasteiger partial charge >= 0.3 is 0 Å². The summed E-state index contributed by atoms with van der Waals surface area (Å²) in [7, 11) is 0. The van der Waals surface area contributed by atoms with Gasteiger partial charge in [0.2, 0.25) is 5.72 Å². The first-order valence-electron chi connectivity index (χ1n) is 8.76. The van der Waals surface area contributed by atoms with Crippen molar-refractivity contribution in [1.29, 1.82) is 0 Å². The second-order valence-corrected chi connectivity index (χ2v) is 6.37. The number of rotatable bonds is 5. The van der Waals surface area contributed by atoms with E-state index < -0.39 is 5.72 Å². The van der Waals surface area contributed by atoms with Gasteiger partial charge in [-0.3, -0.25) is 9.63 Å². The van der Waals surface area contributed by atoms with Crippen LogP contribution in [0.1, 0.15) is 16.7 Å². The molecule has 3 aromatic carbocycles. The average Bonchev–Trinajstić information content (AvgIpc) is 3.00. The number of nitrogens with zero attached hydrogens (tertiary/aromatic N) is 1. The van der Waals surface area contributed by atoms with Gasteiger partial charge in [0.25, 0.3) is 5.91 Å². The molecule has 0 saturated heterocycles. The summed E-state index contributed by atoms with van der Waals surface area (Å²) in [6.07, 6.45) is 1.56. The van der Waals surface area contributed by atoms with Crippen LogP contribution in [-0.4, -0.2) is 16.1 Å². The Hall–Kier alpha value is -3.21. The summed E-state index contributed by atoms with van der Waals surface area (Å²) in [6.45, 7) is 0.178. The monoisotopic (exact) mass is 357 g/mol.